The van der Waals surface area contributed by atoms with Crippen molar-refractivity contribution in [2.45, 2.75) is 57.4 Å². The Kier molecular flexibility index (Phi) is 5.74. The van der Waals surface area contributed by atoms with Gasteiger partial charge in [0.15, 0.2) is 0 Å². The summed E-state index contributed by atoms with van der Waals surface area (Å²) >= 11 is 0. The third kappa shape index (κ3) is 4.53. The Balaban J connectivity index is 1.67. The lowest BCUT2D eigenvalue weighted by Gasteiger charge is -2.28. The number of nitrogens with one attached hydrogen (secondary N) is 2. The molecule has 1 heterocycles. The van der Waals surface area contributed by atoms with Crippen LogP contribution in [0.2, 0.25) is 0 Å². The van der Waals surface area contributed by atoms with Gasteiger partial charge in [0.05, 0.1) is 0 Å². The van der Waals surface area contributed by atoms with Gasteiger partial charge in [0.25, 0.3) is 5.91 Å². The van der Waals surface area contributed by atoms with Crippen LogP contribution in [0.3, 0.4) is 0 Å². The number of unbranched alkanes of at least 4 members (excludes halogenated alkanes) is 1. The Morgan fingerprint density at radius 3 is 2.71 bits per heavy atom. The number of amides is 1. The van der Waals surface area contributed by atoms with Gasteiger partial charge < -0.3 is 10.6 Å². The second-order valence-corrected chi connectivity index (χ2v) is 6.11. The lowest BCUT2D eigenvalue weighted by Crippen LogP contribution is -2.40. The van der Waals surface area contributed by atoms with Gasteiger partial charge in [-0.25, -0.2) is 4.98 Å². The largest absolute Gasteiger partial charge is 0.351 e. The molecule has 1 aliphatic carbocycles. The quantitative estimate of drug-likeness (QED) is 0.759. The molecule has 1 aromatic heterocycles. The van der Waals surface area contributed by atoms with Crippen molar-refractivity contribution in [3.8, 4) is 0 Å². The molecule has 0 aliphatic heterocycles. The van der Waals surface area contributed by atoms with Crippen LogP contribution in [0.1, 0.15) is 61.1 Å². The number of carbonyl (C=O) groups is 1. The molecule has 0 spiro atoms. The third-order valence-corrected chi connectivity index (χ3v) is 4.58. The van der Waals surface area contributed by atoms with Gasteiger partial charge in [-0.2, -0.15) is 0 Å². The van der Waals surface area contributed by atoms with E-state index in [9.17, 15) is 4.79 Å². The van der Waals surface area contributed by atoms with Crippen LogP contribution in [0.5, 0.6) is 0 Å². The number of hydrogen-bond acceptors (Lipinski definition) is 3. The fraction of sp³-hybridized carbons (Fsp3) is 0.647. The predicted molar refractivity (Wildman–Crippen MR) is 85.4 cm³/mol. The molecule has 0 bridgehead atoms. The van der Waals surface area contributed by atoms with Crippen molar-refractivity contribution in [2.75, 3.05) is 13.6 Å². The zero-order valence-corrected chi connectivity index (χ0v) is 13.2. The SMILES string of the molecule is CNC1(CCCCNC(=O)c2cccc(C)n2)CCCC1. The number of aromatic nitrogens is 1. The normalized spacial score (nSPS) is 16.9. The Morgan fingerprint density at radius 2 is 2.05 bits per heavy atom. The first kappa shape index (κ1) is 16.0. The Labute approximate surface area is 127 Å². The van der Waals surface area contributed by atoms with Crippen LogP contribution in [0.4, 0.5) is 0 Å². The number of carbonyl (C=O) groups excluding carboxylic acids is 1. The van der Waals surface area contributed by atoms with E-state index in [4.69, 9.17) is 0 Å². The van der Waals surface area contributed by atoms with E-state index in [1.54, 1.807) is 6.07 Å². The smallest absolute Gasteiger partial charge is 0.269 e. The molecule has 1 aromatic rings. The van der Waals surface area contributed by atoms with Crippen LogP contribution in [-0.2, 0) is 0 Å². The van der Waals surface area contributed by atoms with E-state index in [1.165, 1.54) is 32.1 Å². The molecule has 1 aliphatic rings. The van der Waals surface area contributed by atoms with E-state index in [2.05, 4.69) is 22.7 Å². The minimum absolute atomic E-state index is 0.0668. The van der Waals surface area contributed by atoms with Crippen molar-refractivity contribution in [1.82, 2.24) is 15.6 Å². The number of hydrogen-bond donors (Lipinski definition) is 2. The van der Waals surface area contributed by atoms with Gasteiger partial charge >= 0.3 is 0 Å². The summed E-state index contributed by atoms with van der Waals surface area (Å²) in [5, 5.41) is 6.47. The Morgan fingerprint density at radius 1 is 1.29 bits per heavy atom. The first-order valence-electron chi connectivity index (χ1n) is 8.06. The van der Waals surface area contributed by atoms with Gasteiger partial charge in [-0.3, -0.25) is 4.79 Å². The van der Waals surface area contributed by atoms with Crippen LogP contribution in [0.25, 0.3) is 0 Å². The van der Waals surface area contributed by atoms with Gasteiger partial charge in [-0.05, 0) is 58.2 Å². The van der Waals surface area contributed by atoms with Crippen LogP contribution >= 0.6 is 0 Å². The van der Waals surface area contributed by atoms with Crippen molar-refractivity contribution in [3.05, 3.63) is 29.6 Å². The van der Waals surface area contributed by atoms with E-state index in [1.807, 2.05) is 19.1 Å². The van der Waals surface area contributed by atoms with Gasteiger partial charge in [-0.1, -0.05) is 18.9 Å². The van der Waals surface area contributed by atoms with E-state index in [0.717, 1.165) is 25.1 Å². The zero-order chi connectivity index (χ0) is 15.1. The summed E-state index contributed by atoms with van der Waals surface area (Å²) in [6.45, 7) is 2.63. The first-order chi connectivity index (χ1) is 10.2. The summed E-state index contributed by atoms with van der Waals surface area (Å²) < 4.78 is 0. The highest BCUT2D eigenvalue weighted by Gasteiger charge is 2.30. The van der Waals surface area contributed by atoms with Crippen molar-refractivity contribution >= 4 is 5.91 Å². The van der Waals surface area contributed by atoms with E-state index in [0.29, 0.717) is 11.2 Å². The summed E-state index contributed by atoms with van der Waals surface area (Å²) in [6.07, 6.45) is 8.67. The minimum atomic E-state index is -0.0668. The van der Waals surface area contributed by atoms with Crippen molar-refractivity contribution in [3.63, 3.8) is 0 Å². The first-order valence-corrected chi connectivity index (χ1v) is 8.06. The van der Waals surface area contributed by atoms with Crippen molar-refractivity contribution in [1.29, 1.82) is 0 Å². The highest BCUT2D eigenvalue weighted by molar-refractivity contribution is 5.92. The summed E-state index contributed by atoms with van der Waals surface area (Å²) in [5.74, 6) is -0.0668. The maximum absolute atomic E-state index is 11.9. The molecular formula is C17H27N3O. The topological polar surface area (TPSA) is 54.0 Å². The van der Waals surface area contributed by atoms with Gasteiger partial charge in [0.2, 0.25) is 0 Å². The number of nitrogens with zero attached hydrogens (tertiary/aromatic N) is 1. The molecule has 4 heteroatoms. The lowest BCUT2D eigenvalue weighted by atomic mass is 9.91. The summed E-state index contributed by atoms with van der Waals surface area (Å²) in [4.78, 5) is 16.2. The molecular weight excluding hydrogens is 262 g/mol. The molecule has 1 amide bonds. The average Bonchev–Trinajstić information content (AvgIpc) is 2.96. The highest BCUT2D eigenvalue weighted by Crippen LogP contribution is 2.33. The molecule has 0 radical (unpaired) electrons. The zero-order valence-electron chi connectivity index (χ0n) is 13.2. The molecule has 4 nitrogen and oxygen atoms in total. The average molecular weight is 289 g/mol. The molecule has 0 saturated heterocycles. The van der Waals surface area contributed by atoms with Crippen LogP contribution in [0, 0.1) is 6.92 Å². The third-order valence-electron chi connectivity index (χ3n) is 4.58. The fourth-order valence-corrected chi connectivity index (χ4v) is 3.23. The van der Waals surface area contributed by atoms with E-state index in [-0.39, 0.29) is 5.91 Å². The molecule has 21 heavy (non-hydrogen) atoms. The second kappa shape index (κ2) is 7.55. The Hall–Kier alpha value is -1.42. The second-order valence-electron chi connectivity index (χ2n) is 6.11. The van der Waals surface area contributed by atoms with Crippen LogP contribution in [-0.4, -0.2) is 30.0 Å². The number of rotatable bonds is 7. The molecule has 2 N–H and O–H groups in total. The summed E-state index contributed by atoms with van der Waals surface area (Å²) in [6, 6.07) is 5.53. The van der Waals surface area contributed by atoms with E-state index < -0.39 is 0 Å². The lowest BCUT2D eigenvalue weighted by molar-refractivity contribution is 0.0947. The van der Waals surface area contributed by atoms with Crippen LogP contribution in [0.15, 0.2) is 18.2 Å². The number of pyridine rings is 1. The molecule has 0 unspecified atom stereocenters. The standard InChI is InChI=1S/C17H27N3O/c1-14-8-7-9-15(20-14)16(21)19-13-6-5-12-17(18-2)10-3-4-11-17/h7-9,18H,3-6,10-13H2,1-2H3,(H,19,21). The fourth-order valence-electron chi connectivity index (χ4n) is 3.23. The molecule has 0 aromatic carbocycles. The maximum atomic E-state index is 11.9. The van der Waals surface area contributed by atoms with Crippen molar-refractivity contribution in [2.24, 2.45) is 0 Å². The molecule has 1 fully saturated rings. The summed E-state index contributed by atoms with van der Waals surface area (Å²) in [7, 11) is 2.08. The highest BCUT2D eigenvalue weighted by atomic mass is 16.1. The molecule has 0 atom stereocenters. The monoisotopic (exact) mass is 289 g/mol. The summed E-state index contributed by atoms with van der Waals surface area (Å²) in [5.41, 5.74) is 1.75. The maximum Gasteiger partial charge on any atom is 0.269 e. The van der Waals surface area contributed by atoms with Gasteiger partial charge in [0, 0.05) is 17.8 Å². The predicted octanol–water partition coefficient (Wildman–Crippen LogP) is 2.82. The molecule has 2 rings (SSSR count). The van der Waals surface area contributed by atoms with E-state index >= 15 is 0 Å². The molecule has 1 saturated carbocycles. The number of aryl methyl sites for hydroxylation is 1. The van der Waals surface area contributed by atoms with Gasteiger partial charge in [0.1, 0.15) is 5.69 Å². The van der Waals surface area contributed by atoms with Gasteiger partial charge in [-0.15, -0.1) is 0 Å². The Bertz CT molecular complexity index is 467. The van der Waals surface area contributed by atoms with Crippen LogP contribution < -0.4 is 10.6 Å². The van der Waals surface area contributed by atoms with Crippen molar-refractivity contribution < 1.29 is 4.79 Å². The molecule has 116 valence electrons. The minimum Gasteiger partial charge on any atom is -0.351 e.